The smallest absolute Gasteiger partial charge is 0.356 e. The third-order valence-corrected chi connectivity index (χ3v) is 7.10. The molecule has 1 heterocycles. The van der Waals surface area contributed by atoms with Crippen molar-refractivity contribution in [3.63, 3.8) is 0 Å². The largest absolute Gasteiger partial charge is 0.405 e. The minimum Gasteiger partial charge on any atom is -0.356 e. The summed E-state index contributed by atoms with van der Waals surface area (Å²) >= 11 is 6.39. The fourth-order valence-electron chi connectivity index (χ4n) is 3.98. The SMILES string of the molecule is CS(=O)(=O)c1cccc(-c2ccc(N3C=CNC3(C(=O)NCC(F)(F)F)c3ccccc3Cl)cc2)c1. The number of anilines is 1. The highest BCUT2D eigenvalue weighted by atomic mass is 35.5. The first-order valence-electron chi connectivity index (χ1n) is 10.7. The number of carbonyl (C=O) groups is 1. The summed E-state index contributed by atoms with van der Waals surface area (Å²) in [5.74, 6) is -0.942. The van der Waals surface area contributed by atoms with Crippen molar-refractivity contribution < 1.29 is 26.4 Å². The third-order valence-electron chi connectivity index (χ3n) is 5.66. The number of hydrogen-bond acceptors (Lipinski definition) is 5. The van der Waals surface area contributed by atoms with Gasteiger partial charge in [0.05, 0.1) is 4.90 Å². The van der Waals surface area contributed by atoms with Gasteiger partial charge in [0.2, 0.25) is 5.66 Å². The van der Waals surface area contributed by atoms with Crippen molar-refractivity contribution in [1.29, 1.82) is 0 Å². The van der Waals surface area contributed by atoms with Crippen LogP contribution in [0.5, 0.6) is 0 Å². The lowest BCUT2D eigenvalue weighted by Gasteiger charge is -2.39. The van der Waals surface area contributed by atoms with E-state index in [2.05, 4.69) is 5.32 Å². The zero-order valence-electron chi connectivity index (χ0n) is 18.9. The number of hydrogen-bond donors (Lipinski definition) is 2. The van der Waals surface area contributed by atoms with Gasteiger partial charge in [0, 0.05) is 34.9 Å². The zero-order chi connectivity index (χ0) is 26.1. The van der Waals surface area contributed by atoms with Crippen LogP contribution in [0, 0.1) is 0 Å². The van der Waals surface area contributed by atoms with Crippen LogP contribution >= 0.6 is 11.6 Å². The molecule has 1 unspecified atom stereocenters. The van der Waals surface area contributed by atoms with Gasteiger partial charge >= 0.3 is 6.18 Å². The second kappa shape index (κ2) is 9.51. The lowest BCUT2D eigenvalue weighted by atomic mass is 9.95. The molecule has 11 heteroatoms. The highest BCUT2D eigenvalue weighted by Crippen LogP contribution is 2.39. The molecule has 0 saturated carbocycles. The Morgan fingerprint density at radius 3 is 2.36 bits per heavy atom. The molecule has 0 aliphatic carbocycles. The molecule has 0 aromatic heterocycles. The number of alkyl halides is 3. The maximum Gasteiger partial charge on any atom is 0.405 e. The summed E-state index contributed by atoms with van der Waals surface area (Å²) < 4.78 is 62.6. The quantitative estimate of drug-likeness (QED) is 0.473. The van der Waals surface area contributed by atoms with Crippen LogP contribution in [0.3, 0.4) is 0 Å². The predicted octanol–water partition coefficient (Wildman–Crippen LogP) is 4.82. The van der Waals surface area contributed by atoms with E-state index in [-0.39, 0.29) is 15.5 Å². The molecule has 0 spiro atoms. The van der Waals surface area contributed by atoms with E-state index >= 15 is 0 Å². The van der Waals surface area contributed by atoms with Crippen molar-refractivity contribution in [2.24, 2.45) is 0 Å². The summed E-state index contributed by atoms with van der Waals surface area (Å²) in [6.45, 7) is -1.51. The number of amides is 1. The normalized spacial score (nSPS) is 17.6. The molecule has 3 aromatic carbocycles. The lowest BCUT2D eigenvalue weighted by molar-refractivity contribution is -0.142. The van der Waals surface area contributed by atoms with E-state index in [0.717, 1.165) is 6.26 Å². The minimum absolute atomic E-state index is 0.176. The lowest BCUT2D eigenvalue weighted by Crippen LogP contribution is -2.60. The van der Waals surface area contributed by atoms with Gasteiger partial charge in [-0.2, -0.15) is 13.2 Å². The van der Waals surface area contributed by atoms with Gasteiger partial charge in [0.25, 0.3) is 5.91 Å². The molecule has 1 aliphatic heterocycles. The Hall–Kier alpha value is -3.50. The van der Waals surface area contributed by atoms with Crippen LogP contribution in [0.1, 0.15) is 5.56 Å². The van der Waals surface area contributed by atoms with Gasteiger partial charge in [-0.25, -0.2) is 8.42 Å². The molecule has 36 heavy (non-hydrogen) atoms. The fraction of sp³-hybridized carbons (Fsp3) is 0.160. The van der Waals surface area contributed by atoms with Crippen molar-refractivity contribution in [2.45, 2.75) is 16.7 Å². The number of nitrogens with zero attached hydrogens (tertiary/aromatic N) is 1. The molecule has 1 atom stereocenters. The monoisotopic (exact) mass is 535 g/mol. The summed E-state index contributed by atoms with van der Waals surface area (Å²) in [5, 5.41) is 5.05. The fourth-order valence-corrected chi connectivity index (χ4v) is 4.92. The Morgan fingerprint density at radius 2 is 1.72 bits per heavy atom. The average molecular weight is 536 g/mol. The van der Waals surface area contributed by atoms with Crippen LogP contribution in [-0.4, -0.2) is 33.3 Å². The summed E-state index contributed by atoms with van der Waals surface area (Å²) in [6.07, 6.45) is -0.480. The second-order valence-corrected chi connectivity index (χ2v) is 10.6. The van der Waals surface area contributed by atoms with Crippen molar-refractivity contribution in [1.82, 2.24) is 10.6 Å². The van der Waals surface area contributed by atoms with Gasteiger partial charge in [-0.05, 0) is 41.5 Å². The molecule has 0 radical (unpaired) electrons. The highest BCUT2D eigenvalue weighted by Gasteiger charge is 2.49. The van der Waals surface area contributed by atoms with E-state index < -0.39 is 34.1 Å². The molecule has 1 amide bonds. The summed E-state index contributed by atoms with van der Waals surface area (Å²) in [4.78, 5) is 15.0. The van der Waals surface area contributed by atoms with Crippen LogP contribution in [0.2, 0.25) is 5.02 Å². The van der Waals surface area contributed by atoms with Crippen LogP contribution in [0.15, 0.2) is 90.1 Å². The molecule has 0 saturated heterocycles. The maximum atomic E-state index is 13.3. The van der Waals surface area contributed by atoms with E-state index in [1.54, 1.807) is 66.7 Å². The molecule has 3 aromatic rings. The van der Waals surface area contributed by atoms with Gasteiger partial charge < -0.3 is 15.5 Å². The average Bonchev–Trinajstić information content (AvgIpc) is 3.28. The third kappa shape index (κ3) is 5.05. The van der Waals surface area contributed by atoms with Crippen molar-refractivity contribution in [3.05, 3.63) is 95.8 Å². The van der Waals surface area contributed by atoms with Gasteiger partial charge in [-0.3, -0.25) is 4.79 Å². The Labute approximate surface area is 211 Å². The molecule has 0 fully saturated rings. The van der Waals surface area contributed by atoms with E-state index in [4.69, 9.17) is 11.6 Å². The first-order chi connectivity index (χ1) is 16.9. The predicted molar refractivity (Wildman–Crippen MR) is 132 cm³/mol. The van der Waals surface area contributed by atoms with Gasteiger partial charge in [0.1, 0.15) is 6.54 Å². The Kier molecular flexibility index (Phi) is 6.76. The van der Waals surface area contributed by atoms with Gasteiger partial charge in [-0.15, -0.1) is 0 Å². The molecule has 6 nitrogen and oxygen atoms in total. The van der Waals surface area contributed by atoms with Crippen LogP contribution < -0.4 is 15.5 Å². The number of nitrogens with one attached hydrogen (secondary N) is 2. The Balaban J connectivity index is 1.74. The van der Waals surface area contributed by atoms with Gasteiger partial charge in [-0.1, -0.05) is 54.1 Å². The highest BCUT2D eigenvalue weighted by molar-refractivity contribution is 7.90. The number of sulfone groups is 1. The zero-order valence-corrected chi connectivity index (χ0v) is 20.5. The number of benzene rings is 3. The molecule has 188 valence electrons. The number of rotatable bonds is 6. The molecule has 2 N–H and O–H groups in total. The maximum absolute atomic E-state index is 13.3. The topological polar surface area (TPSA) is 78.5 Å². The van der Waals surface area contributed by atoms with Crippen molar-refractivity contribution >= 4 is 33.0 Å². The summed E-state index contributed by atoms with van der Waals surface area (Å²) in [6, 6.07) is 19.7. The first kappa shape index (κ1) is 25.6. The van der Waals surface area contributed by atoms with E-state index in [1.165, 1.54) is 23.4 Å². The van der Waals surface area contributed by atoms with E-state index in [0.29, 0.717) is 16.8 Å². The molecular weight excluding hydrogens is 515 g/mol. The van der Waals surface area contributed by atoms with Crippen LogP contribution in [0.4, 0.5) is 18.9 Å². The summed E-state index contributed by atoms with van der Waals surface area (Å²) in [5.41, 5.74) is 0.356. The second-order valence-electron chi connectivity index (χ2n) is 8.17. The standard InChI is InChI=1S/C25H21ClF3N3O3S/c1-36(34,35)20-6-4-5-18(15-20)17-9-11-19(12-10-17)32-14-13-31-25(32,21-7-2-3-8-22(21)26)23(33)30-16-24(27,28)29/h2-15,31H,16H2,1H3,(H,30,33). The van der Waals surface area contributed by atoms with Crippen molar-refractivity contribution in [3.8, 4) is 11.1 Å². The number of carbonyl (C=O) groups excluding carboxylic acids is 1. The van der Waals surface area contributed by atoms with E-state index in [1.807, 2.05) is 5.32 Å². The Bertz CT molecular complexity index is 1430. The summed E-state index contributed by atoms with van der Waals surface area (Å²) in [7, 11) is -3.39. The first-order valence-corrected chi connectivity index (χ1v) is 12.9. The minimum atomic E-state index is -4.60. The van der Waals surface area contributed by atoms with Gasteiger partial charge in [0.15, 0.2) is 9.84 Å². The Morgan fingerprint density at radius 1 is 1.03 bits per heavy atom. The number of halogens is 4. The molecular formula is C25H21ClF3N3O3S. The molecule has 4 rings (SSSR count). The molecule has 0 bridgehead atoms. The van der Waals surface area contributed by atoms with Crippen LogP contribution in [-0.2, 0) is 20.3 Å². The molecule has 1 aliphatic rings. The van der Waals surface area contributed by atoms with Crippen LogP contribution in [0.25, 0.3) is 11.1 Å². The van der Waals surface area contributed by atoms with Crippen molar-refractivity contribution in [2.75, 3.05) is 17.7 Å². The van der Waals surface area contributed by atoms with E-state index in [9.17, 15) is 26.4 Å².